The summed E-state index contributed by atoms with van der Waals surface area (Å²) >= 11 is 6.67. The minimum atomic E-state index is -3.50. The topological polar surface area (TPSA) is 91.4 Å². The molecule has 0 unspecified atom stereocenters. The van der Waals surface area contributed by atoms with E-state index in [9.17, 15) is 13.2 Å². The van der Waals surface area contributed by atoms with E-state index in [4.69, 9.17) is 12.2 Å². The first kappa shape index (κ1) is 20.9. The van der Waals surface area contributed by atoms with Crippen LogP contribution in [0.5, 0.6) is 0 Å². The Morgan fingerprint density at radius 2 is 1.83 bits per heavy atom. The third-order valence-corrected chi connectivity index (χ3v) is 7.86. The van der Waals surface area contributed by atoms with Gasteiger partial charge in [-0.1, -0.05) is 17.4 Å². The van der Waals surface area contributed by atoms with Crippen LogP contribution < -0.4 is 10.6 Å². The fraction of sp³-hybridized carbons (Fsp3) is 0.250. The lowest BCUT2D eigenvalue weighted by Crippen LogP contribution is -2.34. The number of thiazole rings is 1. The van der Waals surface area contributed by atoms with Crippen molar-refractivity contribution in [2.75, 3.05) is 18.4 Å². The molecule has 7 nitrogen and oxygen atoms in total. The van der Waals surface area contributed by atoms with Gasteiger partial charge in [0.05, 0.1) is 15.1 Å². The Labute approximate surface area is 184 Å². The number of carbonyl (C=O) groups excluding carboxylic acids is 1. The second-order valence-electron chi connectivity index (χ2n) is 7.03. The van der Waals surface area contributed by atoms with Crippen LogP contribution in [0.4, 0.5) is 5.13 Å². The summed E-state index contributed by atoms with van der Waals surface area (Å²) < 4.78 is 27.7. The maximum Gasteiger partial charge on any atom is 0.257 e. The van der Waals surface area contributed by atoms with Gasteiger partial charge in [0.1, 0.15) is 0 Å². The van der Waals surface area contributed by atoms with Crippen molar-refractivity contribution in [1.29, 1.82) is 0 Å². The molecule has 1 amide bonds. The Hall–Kier alpha value is -2.40. The summed E-state index contributed by atoms with van der Waals surface area (Å²) in [4.78, 5) is 17.1. The van der Waals surface area contributed by atoms with Crippen molar-refractivity contribution in [3.63, 3.8) is 0 Å². The molecule has 2 heterocycles. The zero-order valence-electron chi connectivity index (χ0n) is 16.2. The summed E-state index contributed by atoms with van der Waals surface area (Å²) in [5.41, 5.74) is 2.32. The van der Waals surface area contributed by atoms with Crippen LogP contribution in [0.1, 0.15) is 28.8 Å². The lowest BCUT2D eigenvalue weighted by molar-refractivity contribution is 0.0977. The normalized spacial score (nSPS) is 14.7. The number of sulfonamides is 1. The molecule has 0 spiro atoms. The number of thiocarbonyl (C=S) groups is 1. The molecule has 1 aliphatic heterocycles. The quantitative estimate of drug-likeness (QED) is 0.579. The van der Waals surface area contributed by atoms with E-state index < -0.39 is 15.9 Å². The molecule has 1 fully saturated rings. The third-order valence-electron chi connectivity index (χ3n) is 4.81. The molecule has 1 aromatic heterocycles. The highest BCUT2D eigenvalue weighted by molar-refractivity contribution is 7.89. The molecule has 156 valence electrons. The van der Waals surface area contributed by atoms with Crippen LogP contribution in [0.2, 0.25) is 0 Å². The highest BCUT2D eigenvalue weighted by atomic mass is 32.2. The Kier molecular flexibility index (Phi) is 5.83. The molecule has 0 atom stereocenters. The van der Waals surface area contributed by atoms with Crippen LogP contribution in [-0.2, 0) is 10.0 Å². The van der Waals surface area contributed by atoms with Gasteiger partial charge in [-0.15, -0.1) is 0 Å². The molecule has 1 aliphatic rings. The van der Waals surface area contributed by atoms with Gasteiger partial charge in [-0.05, 0) is 73.9 Å². The average Bonchev–Trinajstić information content (AvgIpc) is 3.37. The first-order valence-corrected chi connectivity index (χ1v) is 12.1. The molecule has 1 saturated heterocycles. The summed E-state index contributed by atoms with van der Waals surface area (Å²) in [6, 6.07) is 11.8. The van der Waals surface area contributed by atoms with E-state index in [1.54, 1.807) is 0 Å². The van der Waals surface area contributed by atoms with E-state index in [0.717, 1.165) is 28.6 Å². The number of anilines is 1. The summed E-state index contributed by atoms with van der Waals surface area (Å²) in [6.45, 7) is 3.09. The lowest BCUT2D eigenvalue weighted by Gasteiger charge is -2.15. The molecule has 4 rings (SSSR count). The summed E-state index contributed by atoms with van der Waals surface area (Å²) in [5.74, 6) is -0.422. The Morgan fingerprint density at radius 1 is 1.13 bits per heavy atom. The third kappa shape index (κ3) is 4.36. The molecule has 2 N–H and O–H groups in total. The molecule has 3 aromatic rings. The van der Waals surface area contributed by atoms with Gasteiger partial charge in [-0.3, -0.25) is 10.1 Å². The predicted octanol–water partition coefficient (Wildman–Crippen LogP) is 3.52. The van der Waals surface area contributed by atoms with Gasteiger partial charge in [0.2, 0.25) is 10.0 Å². The van der Waals surface area contributed by atoms with Gasteiger partial charge in [-0.2, -0.15) is 4.31 Å². The van der Waals surface area contributed by atoms with Gasteiger partial charge in [0.25, 0.3) is 5.91 Å². The lowest BCUT2D eigenvalue weighted by atomic mass is 10.2. The molecular formula is C20H20N4O3S3. The van der Waals surface area contributed by atoms with Crippen molar-refractivity contribution in [3.05, 3.63) is 53.6 Å². The Bertz CT molecular complexity index is 1210. The zero-order chi connectivity index (χ0) is 21.3. The number of aromatic nitrogens is 1. The number of hydrogen-bond donors (Lipinski definition) is 2. The van der Waals surface area contributed by atoms with Crippen molar-refractivity contribution >= 4 is 59.9 Å². The number of carbonyl (C=O) groups is 1. The fourth-order valence-electron chi connectivity index (χ4n) is 3.24. The smallest absolute Gasteiger partial charge is 0.257 e. The number of benzene rings is 2. The summed E-state index contributed by atoms with van der Waals surface area (Å²) in [6.07, 6.45) is 1.75. The van der Waals surface area contributed by atoms with Crippen molar-refractivity contribution in [2.45, 2.75) is 24.7 Å². The maximum atomic E-state index is 12.6. The number of amides is 1. The van der Waals surface area contributed by atoms with E-state index in [0.29, 0.717) is 23.8 Å². The summed E-state index contributed by atoms with van der Waals surface area (Å²) in [7, 11) is -3.50. The number of aryl methyl sites for hydroxylation is 1. The van der Waals surface area contributed by atoms with Gasteiger partial charge in [0, 0.05) is 18.7 Å². The van der Waals surface area contributed by atoms with E-state index in [-0.39, 0.29) is 10.0 Å². The van der Waals surface area contributed by atoms with Crippen LogP contribution in [-0.4, -0.2) is 41.8 Å². The monoisotopic (exact) mass is 460 g/mol. The molecule has 2 aromatic carbocycles. The molecule has 0 radical (unpaired) electrons. The van der Waals surface area contributed by atoms with Crippen molar-refractivity contribution < 1.29 is 13.2 Å². The maximum absolute atomic E-state index is 12.6. The molecule has 10 heteroatoms. The standard InChI is InChI=1S/C20H20N4O3S3/c1-13-4-9-16-17(12-13)29-20(21-16)23-19(28)22-18(25)14-5-7-15(8-6-14)30(26,27)24-10-2-3-11-24/h4-9,12H,2-3,10-11H2,1H3,(H2,21,22,23,25,28). The van der Waals surface area contributed by atoms with E-state index in [1.807, 2.05) is 25.1 Å². The molecule has 0 saturated carbocycles. The Morgan fingerprint density at radius 3 is 2.53 bits per heavy atom. The molecular weight excluding hydrogens is 440 g/mol. The Balaban J connectivity index is 1.41. The SMILES string of the molecule is Cc1ccc2nc(NC(=S)NC(=O)c3ccc(S(=O)(=O)N4CCCC4)cc3)sc2c1. The number of rotatable bonds is 4. The van der Waals surface area contributed by atoms with Gasteiger partial charge >= 0.3 is 0 Å². The van der Waals surface area contributed by atoms with E-state index >= 15 is 0 Å². The second kappa shape index (κ2) is 8.38. The predicted molar refractivity (Wildman–Crippen MR) is 122 cm³/mol. The van der Waals surface area contributed by atoms with Crippen LogP contribution in [0.3, 0.4) is 0 Å². The summed E-state index contributed by atoms with van der Waals surface area (Å²) in [5, 5.41) is 6.25. The van der Waals surface area contributed by atoms with Gasteiger partial charge < -0.3 is 5.32 Å². The van der Waals surface area contributed by atoms with Crippen LogP contribution in [0.15, 0.2) is 47.4 Å². The highest BCUT2D eigenvalue weighted by Crippen LogP contribution is 2.26. The highest BCUT2D eigenvalue weighted by Gasteiger charge is 2.27. The largest absolute Gasteiger partial charge is 0.308 e. The molecule has 0 bridgehead atoms. The average molecular weight is 461 g/mol. The van der Waals surface area contributed by atoms with Crippen molar-refractivity contribution in [2.24, 2.45) is 0 Å². The number of hydrogen-bond acceptors (Lipinski definition) is 6. The second-order valence-corrected chi connectivity index (χ2v) is 10.4. The number of nitrogens with one attached hydrogen (secondary N) is 2. The van der Waals surface area contributed by atoms with Crippen LogP contribution >= 0.6 is 23.6 Å². The van der Waals surface area contributed by atoms with Crippen molar-refractivity contribution in [1.82, 2.24) is 14.6 Å². The van der Waals surface area contributed by atoms with Gasteiger partial charge in [0.15, 0.2) is 10.2 Å². The van der Waals surface area contributed by atoms with Crippen LogP contribution in [0, 0.1) is 6.92 Å². The fourth-order valence-corrected chi connectivity index (χ4v) is 5.98. The minimum absolute atomic E-state index is 0.129. The minimum Gasteiger partial charge on any atom is -0.308 e. The van der Waals surface area contributed by atoms with Gasteiger partial charge in [-0.25, -0.2) is 13.4 Å². The molecule has 30 heavy (non-hydrogen) atoms. The van der Waals surface area contributed by atoms with Crippen LogP contribution in [0.25, 0.3) is 10.2 Å². The van der Waals surface area contributed by atoms with E-state index in [2.05, 4.69) is 15.6 Å². The first-order chi connectivity index (χ1) is 14.3. The number of fused-ring (bicyclic) bond motifs is 1. The number of nitrogens with zero attached hydrogens (tertiary/aromatic N) is 2. The zero-order valence-corrected chi connectivity index (χ0v) is 18.7. The molecule has 0 aliphatic carbocycles. The first-order valence-electron chi connectivity index (χ1n) is 9.43. The van der Waals surface area contributed by atoms with Crippen molar-refractivity contribution in [3.8, 4) is 0 Å². The van der Waals surface area contributed by atoms with E-state index in [1.165, 1.54) is 39.9 Å².